The normalized spacial score (nSPS) is 10.3. The van der Waals surface area contributed by atoms with E-state index >= 15 is 0 Å². The summed E-state index contributed by atoms with van der Waals surface area (Å²) in [4.78, 5) is 18.5. The number of aromatic nitrogens is 2. The van der Waals surface area contributed by atoms with E-state index in [0.717, 1.165) is 0 Å². The zero-order chi connectivity index (χ0) is 14.0. The van der Waals surface area contributed by atoms with Crippen LogP contribution in [0.15, 0.2) is 24.3 Å². The molecule has 0 unspecified atom stereocenters. The molecule has 1 aromatic carbocycles. The maximum atomic E-state index is 13.4. The molecule has 0 radical (unpaired) electrons. The van der Waals surface area contributed by atoms with Gasteiger partial charge in [0.2, 0.25) is 0 Å². The average molecular weight is 262 g/mol. The van der Waals surface area contributed by atoms with E-state index in [1.165, 1.54) is 12.1 Å². The monoisotopic (exact) mass is 262 g/mol. The van der Waals surface area contributed by atoms with Gasteiger partial charge in [0, 0.05) is 11.8 Å². The number of carbonyl (C=O) groups is 1. The lowest BCUT2D eigenvalue weighted by Gasteiger charge is -2.06. The molecule has 1 aromatic heterocycles. The van der Waals surface area contributed by atoms with Gasteiger partial charge in [0.25, 0.3) is 0 Å². The summed E-state index contributed by atoms with van der Waals surface area (Å²) < 4.78 is 18.6. The second-order valence-electron chi connectivity index (χ2n) is 4.00. The molecule has 0 atom stereocenters. The molecule has 0 amide bonds. The Morgan fingerprint density at radius 2 is 2.00 bits per heavy atom. The Kier molecular flexibility index (Phi) is 3.41. The lowest BCUT2D eigenvalue weighted by atomic mass is 10.2. The van der Waals surface area contributed by atoms with Gasteiger partial charge in [0.15, 0.2) is 5.69 Å². The van der Waals surface area contributed by atoms with Crippen molar-refractivity contribution < 1.29 is 19.0 Å². The first kappa shape index (κ1) is 12.9. The Balaban J connectivity index is 2.32. The fourth-order valence-electron chi connectivity index (χ4n) is 1.44. The number of benzene rings is 1. The van der Waals surface area contributed by atoms with E-state index in [9.17, 15) is 9.18 Å². The Bertz CT molecular complexity index is 644. The van der Waals surface area contributed by atoms with Gasteiger partial charge in [-0.2, -0.15) is 4.98 Å². The second kappa shape index (κ2) is 5.01. The molecular formula is C13H11FN2O3. The molecule has 19 heavy (non-hydrogen) atoms. The van der Waals surface area contributed by atoms with Crippen molar-refractivity contribution in [1.82, 2.24) is 9.97 Å². The molecule has 2 aromatic rings. The molecule has 0 bridgehead atoms. The standard InChI is InChI=1S/C13H11FN2O3/c1-7-3-4-9(6-10(7)14)19-13-15-8(2)5-11(16-13)12(17)18/h3-6H,1-2H3,(H,17,18). The summed E-state index contributed by atoms with van der Waals surface area (Å²) in [5.41, 5.74) is 0.772. The molecule has 0 aliphatic carbocycles. The number of hydrogen-bond donors (Lipinski definition) is 1. The zero-order valence-electron chi connectivity index (χ0n) is 10.3. The molecule has 0 aliphatic heterocycles. The van der Waals surface area contributed by atoms with Crippen LogP contribution < -0.4 is 4.74 Å². The van der Waals surface area contributed by atoms with E-state index in [0.29, 0.717) is 11.3 Å². The highest BCUT2D eigenvalue weighted by atomic mass is 19.1. The predicted molar refractivity (Wildman–Crippen MR) is 64.9 cm³/mol. The minimum Gasteiger partial charge on any atom is -0.477 e. The third-order valence-electron chi connectivity index (χ3n) is 2.41. The number of hydrogen-bond acceptors (Lipinski definition) is 4. The number of aromatic carboxylic acids is 1. The first-order valence-electron chi connectivity index (χ1n) is 5.48. The number of nitrogens with zero attached hydrogens (tertiary/aromatic N) is 2. The van der Waals surface area contributed by atoms with Gasteiger partial charge < -0.3 is 9.84 Å². The Labute approximate surface area is 108 Å². The van der Waals surface area contributed by atoms with Gasteiger partial charge in [-0.3, -0.25) is 0 Å². The summed E-state index contributed by atoms with van der Waals surface area (Å²) in [6, 6.07) is 5.51. The molecular weight excluding hydrogens is 251 g/mol. The Hall–Kier alpha value is -2.50. The number of rotatable bonds is 3. The minimum absolute atomic E-state index is 0.124. The van der Waals surface area contributed by atoms with E-state index < -0.39 is 11.8 Å². The zero-order valence-corrected chi connectivity index (χ0v) is 10.3. The van der Waals surface area contributed by atoms with E-state index in [-0.39, 0.29) is 17.5 Å². The van der Waals surface area contributed by atoms with Crippen LogP contribution in [-0.2, 0) is 0 Å². The largest absolute Gasteiger partial charge is 0.477 e. The van der Waals surface area contributed by atoms with E-state index in [1.807, 2.05) is 0 Å². The first-order valence-corrected chi connectivity index (χ1v) is 5.48. The van der Waals surface area contributed by atoms with E-state index in [4.69, 9.17) is 9.84 Å². The highest BCUT2D eigenvalue weighted by molar-refractivity contribution is 5.85. The maximum Gasteiger partial charge on any atom is 0.354 e. The fraction of sp³-hybridized carbons (Fsp3) is 0.154. The van der Waals surface area contributed by atoms with Crippen LogP contribution in [-0.4, -0.2) is 21.0 Å². The van der Waals surface area contributed by atoms with Crippen LogP contribution in [0.5, 0.6) is 11.8 Å². The number of carboxylic acid groups (broad SMARTS) is 1. The lowest BCUT2D eigenvalue weighted by molar-refractivity contribution is 0.0689. The maximum absolute atomic E-state index is 13.4. The summed E-state index contributed by atoms with van der Waals surface area (Å²) in [5.74, 6) is -1.38. The van der Waals surface area contributed by atoms with Crippen molar-refractivity contribution in [2.24, 2.45) is 0 Å². The number of carboxylic acids is 1. The highest BCUT2D eigenvalue weighted by Crippen LogP contribution is 2.21. The van der Waals surface area contributed by atoms with Crippen molar-refractivity contribution in [1.29, 1.82) is 0 Å². The van der Waals surface area contributed by atoms with E-state index in [2.05, 4.69) is 9.97 Å². The van der Waals surface area contributed by atoms with Crippen molar-refractivity contribution in [3.05, 3.63) is 47.0 Å². The van der Waals surface area contributed by atoms with Crippen molar-refractivity contribution in [2.75, 3.05) is 0 Å². The van der Waals surface area contributed by atoms with Gasteiger partial charge in [0.1, 0.15) is 11.6 Å². The van der Waals surface area contributed by atoms with Crippen LogP contribution in [0, 0.1) is 19.7 Å². The Morgan fingerprint density at radius 1 is 1.26 bits per heavy atom. The molecule has 0 aliphatic rings. The molecule has 0 saturated heterocycles. The van der Waals surface area contributed by atoms with Crippen LogP contribution in [0.3, 0.4) is 0 Å². The number of halogens is 1. The minimum atomic E-state index is -1.18. The summed E-state index contributed by atoms with van der Waals surface area (Å²) >= 11 is 0. The molecule has 1 heterocycles. The summed E-state index contributed by atoms with van der Waals surface area (Å²) in [7, 11) is 0. The van der Waals surface area contributed by atoms with Crippen LogP contribution in [0.1, 0.15) is 21.7 Å². The lowest BCUT2D eigenvalue weighted by Crippen LogP contribution is -2.04. The smallest absolute Gasteiger partial charge is 0.354 e. The molecule has 2 rings (SSSR count). The van der Waals surface area contributed by atoms with Gasteiger partial charge in [-0.15, -0.1) is 0 Å². The Morgan fingerprint density at radius 3 is 2.63 bits per heavy atom. The molecule has 6 heteroatoms. The number of aryl methyl sites for hydroxylation is 2. The van der Waals surface area contributed by atoms with Crippen LogP contribution in [0.25, 0.3) is 0 Å². The van der Waals surface area contributed by atoms with Gasteiger partial charge in [0.05, 0.1) is 0 Å². The molecule has 1 N–H and O–H groups in total. The van der Waals surface area contributed by atoms with Gasteiger partial charge in [-0.1, -0.05) is 6.07 Å². The van der Waals surface area contributed by atoms with Crippen LogP contribution >= 0.6 is 0 Å². The third kappa shape index (κ3) is 3.04. The topological polar surface area (TPSA) is 72.3 Å². The van der Waals surface area contributed by atoms with E-state index in [1.54, 1.807) is 26.0 Å². The molecule has 5 nitrogen and oxygen atoms in total. The fourth-order valence-corrected chi connectivity index (χ4v) is 1.44. The average Bonchev–Trinajstić information content (AvgIpc) is 2.33. The molecule has 0 spiro atoms. The first-order chi connectivity index (χ1) is 8.95. The third-order valence-corrected chi connectivity index (χ3v) is 2.41. The summed E-state index contributed by atoms with van der Waals surface area (Å²) in [5, 5.41) is 8.87. The van der Waals surface area contributed by atoms with Crippen molar-refractivity contribution in [2.45, 2.75) is 13.8 Å². The van der Waals surface area contributed by atoms with Crippen molar-refractivity contribution >= 4 is 5.97 Å². The highest BCUT2D eigenvalue weighted by Gasteiger charge is 2.10. The molecule has 0 fully saturated rings. The van der Waals surface area contributed by atoms with Gasteiger partial charge >= 0.3 is 12.0 Å². The predicted octanol–water partition coefficient (Wildman–Crippen LogP) is 2.72. The summed E-state index contributed by atoms with van der Waals surface area (Å²) in [6.07, 6.45) is 0. The molecule has 98 valence electrons. The van der Waals surface area contributed by atoms with Crippen LogP contribution in [0.4, 0.5) is 4.39 Å². The molecule has 0 saturated carbocycles. The van der Waals surface area contributed by atoms with Crippen molar-refractivity contribution in [3.63, 3.8) is 0 Å². The summed E-state index contributed by atoms with van der Waals surface area (Å²) in [6.45, 7) is 3.25. The SMILES string of the molecule is Cc1cc(C(=O)O)nc(Oc2ccc(C)c(F)c2)n1. The quantitative estimate of drug-likeness (QED) is 0.920. The van der Waals surface area contributed by atoms with Gasteiger partial charge in [-0.25, -0.2) is 14.2 Å². The second-order valence-corrected chi connectivity index (χ2v) is 4.00. The number of ether oxygens (including phenoxy) is 1. The van der Waals surface area contributed by atoms with Crippen LogP contribution in [0.2, 0.25) is 0 Å². The van der Waals surface area contributed by atoms with Crippen molar-refractivity contribution in [3.8, 4) is 11.8 Å². The van der Waals surface area contributed by atoms with Gasteiger partial charge in [-0.05, 0) is 31.5 Å².